The minimum absolute atomic E-state index is 1.05. The van der Waals surface area contributed by atoms with Gasteiger partial charge in [0.25, 0.3) is 0 Å². The maximum atomic E-state index is 2.56. The molecule has 0 heterocycles. The van der Waals surface area contributed by atoms with Crippen LogP contribution in [0.5, 0.6) is 0 Å². The molecule has 0 aliphatic heterocycles. The average molecular weight is 1500 g/mol. The Balaban J connectivity index is 0.000000204. The third-order valence-electron chi connectivity index (χ3n) is 22.9. The predicted octanol–water partition coefficient (Wildman–Crippen LogP) is 22.6. The van der Waals surface area contributed by atoms with E-state index in [1.54, 1.807) is 0 Å². The molecule has 0 bridgehead atoms. The van der Waals surface area contributed by atoms with Crippen LogP contribution in [0, 0.1) is 0 Å². The first-order valence-electron chi connectivity index (χ1n) is 40.9. The van der Waals surface area contributed by atoms with Gasteiger partial charge in [-0.15, -0.1) is 0 Å². The molecular formula is C106H112Si4. The molecule has 0 spiro atoms. The minimum Gasteiger partial charge on any atom is -0.0656 e. The maximum Gasteiger partial charge on any atom is 0.179 e. The third kappa shape index (κ3) is 17.4. The van der Waals surface area contributed by atoms with Gasteiger partial charge in [0.05, 0.1) is 16.1 Å². The largest absolute Gasteiger partial charge is 0.179 e. The highest BCUT2D eigenvalue weighted by Gasteiger charge is 2.43. The van der Waals surface area contributed by atoms with Crippen LogP contribution in [0.25, 0.3) is 66.8 Å². The Morgan fingerprint density at radius 3 is 0.509 bits per heavy atom. The predicted molar refractivity (Wildman–Crippen MR) is 493 cm³/mol. The van der Waals surface area contributed by atoms with Crippen LogP contribution in [0.3, 0.4) is 0 Å². The molecule has 0 amide bonds. The van der Waals surface area contributed by atoms with Crippen LogP contribution >= 0.6 is 0 Å². The lowest BCUT2D eigenvalue weighted by atomic mass is 9.86. The molecule has 0 nitrogen and oxygen atoms in total. The summed E-state index contributed by atoms with van der Waals surface area (Å²) in [7, 11) is -7.84. The van der Waals surface area contributed by atoms with Gasteiger partial charge in [0.2, 0.25) is 0 Å². The molecule has 0 radical (unpaired) electrons. The molecule has 110 heavy (non-hydrogen) atoms. The lowest BCUT2D eigenvalue weighted by Crippen LogP contribution is -2.74. The molecule has 14 rings (SSSR count). The van der Waals surface area contributed by atoms with Crippen molar-refractivity contribution < 1.29 is 0 Å². The van der Waals surface area contributed by atoms with Crippen LogP contribution in [0.15, 0.2) is 352 Å². The van der Waals surface area contributed by atoms with Crippen molar-refractivity contribution in [3.05, 3.63) is 374 Å². The topological polar surface area (TPSA) is 0 Å². The standard InChI is InChI=1S/C62H58Si2.C44H54Si2/c1-3-5-25-51-47-62(50-41-45-60(46-42-50)64(56-33-19-10-20-34-56,57-35-21-11-22-36-57)58-37-23-12-24-38-58)52(26-6-4-2)48-61(51)49-39-43-59(44-40-49)63(53-27-13-7-14-28-53,54-29-15-8-16-30-54)55-31-17-9-18-32-55;1-9-11-13-39-31-44(38-21-17-34(18-22-38)36-25-29-42(30-26-36)46(6,7)8)40(14-12-10-2)32-43(39)37-19-15-33(16-20-37)35-23-27-41(28-24-35)45(3,4)5/h7-24,27-48H,3-6,25-26H2,1-2H3;15-32H,9-14H2,1-8H3. The molecule has 0 aromatic heterocycles. The van der Waals surface area contributed by atoms with Gasteiger partial charge in [0, 0.05) is 0 Å². The highest BCUT2D eigenvalue weighted by atomic mass is 28.3. The van der Waals surface area contributed by atoms with Crippen molar-refractivity contribution in [2.24, 2.45) is 0 Å². The van der Waals surface area contributed by atoms with E-state index in [0.29, 0.717) is 0 Å². The quantitative estimate of drug-likeness (QED) is 0.0339. The summed E-state index contributed by atoms with van der Waals surface area (Å²) in [4.78, 5) is 0. The zero-order chi connectivity index (χ0) is 76.5. The van der Waals surface area contributed by atoms with Gasteiger partial charge in [-0.3, -0.25) is 0 Å². The fourth-order valence-corrected chi connectivity index (χ4v) is 28.5. The zero-order valence-electron chi connectivity index (χ0n) is 67.0. The Morgan fingerprint density at radius 1 is 0.173 bits per heavy atom. The number of aryl methyl sites for hydroxylation is 4. The van der Waals surface area contributed by atoms with Crippen LogP contribution in [-0.2, 0) is 25.7 Å². The highest BCUT2D eigenvalue weighted by Crippen LogP contribution is 2.38. The van der Waals surface area contributed by atoms with Crippen LogP contribution in [0.1, 0.15) is 101 Å². The first-order valence-corrected chi connectivity index (χ1v) is 51.9. The van der Waals surface area contributed by atoms with Crippen molar-refractivity contribution in [3.63, 3.8) is 0 Å². The van der Waals surface area contributed by atoms with Gasteiger partial charge in [-0.1, -0.05) is 455 Å². The fraction of sp³-hybridized carbons (Fsp3) is 0.208. The van der Waals surface area contributed by atoms with Crippen LogP contribution in [0.2, 0.25) is 39.3 Å². The number of benzene rings is 14. The smallest absolute Gasteiger partial charge is 0.0656 e. The molecule has 0 aliphatic carbocycles. The lowest BCUT2D eigenvalue weighted by Gasteiger charge is -2.34. The van der Waals surface area contributed by atoms with E-state index in [2.05, 4.69) is 419 Å². The summed E-state index contributed by atoms with van der Waals surface area (Å²) in [6.45, 7) is 23.7. The van der Waals surface area contributed by atoms with E-state index in [1.807, 2.05) is 0 Å². The average Bonchev–Trinajstić information content (AvgIpc) is 0.729. The molecule has 0 saturated heterocycles. The summed E-state index contributed by atoms with van der Waals surface area (Å²) in [5, 5.41) is 14.2. The molecular weight excluding hydrogens is 1390 g/mol. The van der Waals surface area contributed by atoms with Crippen molar-refractivity contribution in [2.75, 3.05) is 0 Å². The third-order valence-corrected chi connectivity index (χ3v) is 36.6. The van der Waals surface area contributed by atoms with Crippen molar-refractivity contribution in [2.45, 2.75) is 144 Å². The first kappa shape index (κ1) is 78.1. The Kier molecular flexibility index (Phi) is 25.7. The van der Waals surface area contributed by atoms with E-state index in [4.69, 9.17) is 0 Å². The molecule has 0 N–H and O–H groups in total. The Labute approximate surface area is 664 Å². The first-order chi connectivity index (χ1) is 53.6. The second kappa shape index (κ2) is 36.2. The van der Waals surface area contributed by atoms with Gasteiger partial charge >= 0.3 is 0 Å². The van der Waals surface area contributed by atoms with Crippen LogP contribution in [0.4, 0.5) is 0 Å². The molecule has 0 atom stereocenters. The molecule has 0 saturated carbocycles. The van der Waals surface area contributed by atoms with Crippen molar-refractivity contribution >= 4 is 84.2 Å². The summed E-state index contributed by atoms with van der Waals surface area (Å²) in [5.41, 5.74) is 21.8. The van der Waals surface area contributed by atoms with Gasteiger partial charge in [0.1, 0.15) is 0 Å². The normalized spacial score (nSPS) is 11.8. The SMILES string of the molecule is CCCCc1cc(-c2ccc(-c3ccc([Si](C)(C)C)cc3)cc2)c(CCCC)cc1-c1ccc(-c2ccc([Si](C)(C)C)cc2)cc1.CCCCc1cc(-c2ccc([Si](c3ccccc3)(c3ccccc3)c3ccccc3)cc2)c(CCCC)cc1-c1ccc([Si](c2ccccc2)(c2ccccc2)c2ccccc2)cc1. The van der Waals surface area contributed by atoms with Crippen LogP contribution < -0.4 is 51.9 Å². The van der Waals surface area contributed by atoms with E-state index in [0.717, 1.165) is 51.4 Å². The van der Waals surface area contributed by atoms with E-state index >= 15 is 0 Å². The summed E-state index contributed by atoms with van der Waals surface area (Å²) < 4.78 is 0. The lowest BCUT2D eigenvalue weighted by molar-refractivity contribution is 0.788. The number of hydrogen-bond acceptors (Lipinski definition) is 0. The highest BCUT2D eigenvalue weighted by molar-refractivity contribution is 7.20. The number of hydrogen-bond donors (Lipinski definition) is 0. The van der Waals surface area contributed by atoms with Gasteiger partial charge in [0.15, 0.2) is 16.1 Å². The van der Waals surface area contributed by atoms with E-state index in [1.165, 1.54) is 167 Å². The van der Waals surface area contributed by atoms with Gasteiger partial charge < -0.3 is 0 Å². The summed E-state index contributed by atoms with van der Waals surface area (Å²) in [6, 6.07) is 134. The molecule has 14 aromatic carbocycles. The maximum absolute atomic E-state index is 2.62. The van der Waals surface area contributed by atoms with E-state index < -0.39 is 32.3 Å². The Morgan fingerprint density at radius 2 is 0.327 bits per heavy atom. The summed E-state index contributed by atoms with van der Waals surface area (Å²) in [5.74, 6) is 0. The van der Waals surface area contributed by atoms with Crippen molar-refractivity contribution in [1.29, 1.82) is 0 Å². The molecule has 552 valence electrons. The molecule has 0 unspecified atom stereocenters. The van der Waals surface area contributed by atoms with E-state index in [9.17, 15) is 0 Å². The Bertz CT molecular complexity index is 4670. The number of unbranched alkanes of at least 4 members (excludes halogenated alkanes) is 4. The van der Waals surface area contributed by atoms with Gasteiger partial charge in [-0.05, 0) is 182 Å². The fourth-order valence-electron chi connectivity index (χ4n) is 16.7. The van der Waals surface area contributed by atoms with Gasteiger partial charge in [-0.25, -0.2) is 0 Å². The molecule has 4 heteroatoms. The zero-order valence-corrected chi connectivity index (χ0v) is 71.0. The minimum atomic E-state index is -2.62. The van der Waals surface area contributed by atoms with Gasteiger partial charge in [-0.2, -0.15) is 0 Å². The second-order valence-electron chi connectivity index (χ2n) is 32.4. The molecule has 0 aliphatic rings. The van der Waals surface area contributed by atoms with E-state index in [-0.39, 0.29) is 0 Å². The Hall–Kier alpha value is -10.1. The second-order valence-corrected chi connectivity index (χ2v) is 50.2. The monoisotopic (exact) mass is 1500 g/mol. The number of rotatable bonds is 28. The molecule has 14 aromatic rings. The van der Waals surface area contributed by atoms with Crippen molar-refractivity contribution in [3.8, 4) is 66.8 Å². The van der Waals surface area contributed by atoms with Crippen molar-refractivity contribution in [1.82, 2.24) is 0 Å². The summed E-state index contributed by atoms with van der Waals surface area (Å²) >= 11 is 0. The summed E-state index contributed by atoms with van der Waals surface area (Å²) in [6.07, 6.45) is 13.7. The van der Waals surface area contributed by atoms with Crippen LogP contribution in [-0.4, -0.2) is 32.3 Å². The molecule has 0 fully saturated rings.